The van der Waals surface area contributed by atoms with Crippen LogP contribution in [-0.4, -0.2) is 24.2 Å². The maximum Gasteiger partial charge on any atom is 0.213 e. The van der Waals surface area contributed by atoms with Gasteiger partial charge in [-0.05, 0) is 6.07 Å². The summed E-state index contributed by atoms with van der Waals surface area (Å²) in [5.74, 6) is 0.588. The molecule has 2 heterocycles. The quantitative estimate of drug-likeness (QED) is 0.702. The van der Waals surface area contributed by atoms with Gasteiger partial charge in [-0.2, -0.15) is 5.26 Å². The van der Waals surface area contributed by atoms with Gasteiger partial charge < -0.3 is 10.1 Å². The zero-order valence-electron chi connectivity index (χ0n) is 7.03. The Hall–Kier alpha value is -1.60. The highest BCUT2D eigenvalue weighted by Crippen LogP contribution is 2.10. The molecule has 0 bridgehead atoms. The van der Waals surface area contributed by atoms with Crippen LogP contribution >= 0.6 is 0 Å². The molecule has 13 heavy (non-hydrogen) atoms. The predicted molar refractivity (Wildman–Crippen MR) is 46.2 cm³/mol. The van der Waals surface area contributed by atoms with Gasteiger partial charge in [0.2, 0.25) is 5.88 Å². The van der Waals surface area contributed by atoms with E-state index in [1.165, 1.54) is 6.20 Å². The van der Waals surface area contributed by atoms with E-state index < -0.39 is 0 Å². The molecule has 1 aromatic heterocycles. The van der Waals surface area contributed by atoms with Gasteiger partial charge in [0, 0.05) is 25.4 Å². The highest BCUT2D eigenvalue weighted by molar-refractivity contribution is 5.28. The van der Waals surface area contributed by atoms with Gasteiger partial charge in [0.05, 0.1) is 5.56 Å². The monoisotopic (exact) mass is 175 g/mol. The molecule has 1 aliphatic rings. The summed E-state index contributed by atoms with van der Waals surface area (Å²) in [7, 11) is 0. The Balaban J connectivity index is 2.01. The second-order valence-electron chi connectivity index (χ2n) is 2.90. The fourth-order valence-corrected chi connectivity index (χ4v) is 1.03. The second-order valence-corrected chi connectivity index (χ2v) is 2.90. The van der Waals surface area contributed by atoms with E-state index in [1.807, 2.05) is 6.07 Å². The average molecular weight is 175 g/mol. The summed E-state index contributed by atoms with van der Waals surface area (Å²) in [5, 5.41) is 11.6. The molecule has 0 aromatic carbocycles. The minimum atomic E-state index is 0.237. The fraction of sp³-hybridized carbons (Fsp3) is 0.333. The lowest BCUT2D eigenvalue weighted by molar-refractivity contribution is 0.136. The molecule has 0 spiro atoms. The molecule has 2 rings (SSSR count). The van der Waals surface area contributed by atoms with Gasteiger partial charge in [0.1, 0.15) is 12.2 Å². The van der Waals surface area contributed by atoms with Gasteiger partial charge in [-0.25, -0.2) is 4.98 Å². The summed E-state index contributed by atoms with van der Waals surface area (Å²) in [6.07, 6.45) is 1.75. The number of aromatic nitrogens is 1. The number of hydrogen-bond donors (Lipinski definition) is 1. The third-order valence-corrected chi connectivity index (χ3v) is 1.90. The molecular weight excluding hydrogens is 166 g/mol. The Morgan fingerprint density at radius 1 is 1.54 bits per heavy atom. The van der Waals surface area contributed by atoms with Crippen molar-refractivity contribution >= 4 is 0 Å². The molecule has 4 nitrogen and oxygen atoms in total. The molecule has 1 fully saturated rings. The van der Waals surface area contributed by atoms with Crippen molar-refractivity contribution < 1.29 is 4.74 Å². The normalized spacial score (nSPS) is 15.9. The fourth-order valence-electron chi connectivity index (χ4n) is 1.03. The second kappa shape index (κ2) is 3.42. The number of ether oxygens (including phenoxy) is 1. The van der Waals surface area contributed by atoms with Crippen LogP contribution in [0.15, 0.2) is 18.3 Å². The molecule has 4 heteroatoms. The topological polar surface area (TPSA) is 57.9 Å². The van der Waals surface area contributed by atoms with Crippen molar-refractivity contribution in [1.82, 2.24) is 10.3 Å². The first-order valence-corrected chi connectivity index (χ1v) is 4.12. The molecule has 1 aliphatic heterocycles. The van der Waals surface area contributed by atoms with Crippen LogP contribution in [-0.2, 0) is 0 Å². The Morgan fingerprint density at radius 2 is 2.38 bits per heavy atom. The van der Waals surface area contributed by atoms with Crippen molar-refractivity contribution in [3.63, 3.8) is 0 Å². The first kappa shape index (κ1) is 8.02. The lowest BCUT2D eigenvalue weighted by atomic mass is 10.2. The number of nitriles is 1. The van der Waals surface area contributed by atoms with Gasteiger partial charge in [0.15, 0.2) is 0 Å². The van der Waals surface area contributed by atoms with Gasteiger partial charge in [-0.3, -0.25) is 0 Å². The van der Waals surface area contributed by atoms with Crippen LogP contribution in [0.25, 0.3) is 0 Å². The van der Waals surface area contributed by atoms with E-state index in [1.54, 1.807) is 12.1 Å². The number of rotatable bonds is 2. The zero-order chi connectivity index (χ0) is 9.10. The van der Waals surface area contributed by atoms with E-state index in [0.717, 1.165) is 13.1 Å². The van der Waals surface area contributed by atoms with E-state index >= 15 is 0 Å². The van der Waals surface area contributed by atoms with Crippen molar-refractivity contribution in [2.45, 2.75) is 6.10 Å². The maximum absolute atomic E-state index is 8.53. The predicted octanol–water partition coefficient (Wildman–Crippen LogP) is 0.304. The van der Waals surface area contributed by atoms with E-state index in [-0.39, 0.29) is 6.10 Å². The molecule has 0 radical (unpaired) electrons. The van der Waals surface area contributed by atoms with E-state index in [9.17, 15) is 0 Å². The van der Waals surface area contributed by atoms with E-state index in [0.29, 0.717) is 11.4 Å². The van der Waals surface area contributed by atoms with Crippen LogP contribution in [0.4, 0.5) is 0 Å². The number of nitrogens with one attached hydrogen (secondary N) is 1. The molecule has 1 N–H and O–H groups in total. The summed E-state index contributed by atoms with van der Waals surface area (Å²) in [6, 6.07) is 5.43. The minimum Gasteiger partial charge on any atom is -0.472 e. The minimum absolute atomic E-state index is 0.237. The SMILES string of the molecule is N#Cc1ccc(OC2CNC2)nc1. The van der Waals surface area contributed by atoms with Crippen LogP contribution in [0.3, 0.4) is 0 Å². The van der Waals surface area contributed by atoms with Crippen LogP contribution in [0, 0.1) is 11.3 Å². The first-order valence-electron chi connectivity index (χ1n) is 4.12. The highest BCUT2D eigenvalue weighted by atomic mass is 16.5. The maximum atomic E-state index is 8.53. The Kier molecular flexibility index (Phi) is 2.11. The van der Waals surface area contributed by atoms with Gasteiger partial charge >= 0.3 is 0 Å². The molecule has 0 unspecified atom stereocenters. The van der Waals surface area contributed by atoms with Crippen LogP contribution in [0.2, 0.25) is 0 Å². The van der Waals surface area contributed by atoms with Crippen LogP contribution in [0.5, 0.6) is 5.88 Å². The van der Waals surface area contributed by atoms with Crippen LogP contribution < -0.4 is 10.1 Å². The Bertz CT molecular complexity index is 324. The molecule has 0 aliphatic carbocycles. The van der Waals surface area contributed by atoms with Crippen molar-refractivity contribution in [2.24, 2.45) is 0 Å². The number of hydrogen-bond acceptors (Lipinski definition) is 4. The molecule has 0 atom stereocenters. The van der Waals surface area contributed by atoms with Crippen molar-refractivity contribution in [1.29, 1.82) is 5.26 Å². The molecule has 1 saturated heterocycles. The summed E-state index contributed by atoms with van der Waals surface area (Å²) in [4.78, 5) is 4.00. The number of nitrogens with zero attached hydrogens (tertiary/aromatic N) is 2. The summed E-state index contributed by atoms with van der Waals surface area (Å²) >= 11 is 0. The van der Waals surface area contributed by atoms with Crippen molar-refractivity contribution in [2.75, 3.05) is 13.1 Å². The van der Waals surface area contributed by atoms with E-state index in [4.69, 9.17) is 10.00 Å². The number of pyridine rings is 1. The largest absolute Gasteiger partial charge is 0.472 e. The van der Waals surface area contributed by atoms with Crippen LogP contribution in [0.1, 0.15) is 5.56 Å². The smallest absolute Gasteiger partial charge is 0.213 e. The highest BCUT2D eigenvalue weighted by Gasteiger charge is 2.18. The van der Waals surface area contributed by atoms with Gasteiger partial charge in [-0.15, -0.1) is 0 Å². The summed E-state index contributed by atoms with van der Waals surface area (Å²) < 4.78 is 5.47. The first-order chi connectivity index (χ1) is 6.38. The third-order valence-electron chi connectivity index (χ3n) is 1.90. The Morgan fingerprint density at radius 3 is 2.85 bits per heavy atom. The lowest BCUT2D eigenvalue weighted by Gasteiger charge is -2.27. The van der Waals surface area contributed by atoms with Crippen molar-refractivity contribution in [3.05, 3.63) is 23.9 Å². The zero-order valence-corrected chi connectivity index (χ0v) is 7.03. The third kappa shape index (κ3) is 1.76. The lowest BCUT2D eigenvalue weighted by Crippen LogP contribution is -2.50. The molecule has 0 amide bonds. The molecule has 66 valence electrons. The van der Waals surface area contributed by atoms with E-state index in [2.05, 4.69) is 10.3 Å². The Labute approximate surface area is 76.2 Å². The molecule has 0 saturated carbocycles. The molecule has 1 aromatic rings. The standard InChI is InChI=1S/C9H9N3O/c10-3-7-1-2-9(12-4-7)13-8-5-11-6-8/h1-2,4,8,11H,5-6H2. The molecular formula is C9H9N3O. The van der Waals surface area contributed by atoms with Gasteiger partial charge in [0.25, 0.3) is 0 Å². The van der Waals surface area contributed by atoms with Gasteiger partial charge in [-0.1, -0.05) is 0 Å². The average Bonchev–Trinajstić information content (AvgIpc) is 2.12. The summed E-state index contributed by atoms with van der Waals surface area (Å²) in [5.41, 5.74) is 0.555. The van der Waals surface area contributed by atoms with Crippen molar-refractivity contribution in [3.8, 4) is 11.9 Å². The summed E-state index contributed by atoms with van der Waals surface area (Å²) in [6.45, 7) is 1.75.